The number of benzene rings is 2. The van der Waals surface area contributed by atoms with Crippen LogP contribution in [0.1, 0.15) is 53.6 Å². The number of carboxylic acids is 2. The normalized spacial score (nSPS) is 16.6. The number of rotatable bonds is 16. The average molecular weight is 677 g/mol. The molecule has 2 aromatic heterocycles. The molecule has 1 aliphatic carbocycles. The van der Waals surface area contributed by atoms with Crippen molar-refractivity contribution < 1.29 is 52.3 Å². The molecule has 3 atom stereocenters. The van der Waals surface area contributed by atoms with Crippen LogP contribution in [-0.2, 0) is 16.0 Å². The molecule has 1 saturated carbocycles. The van der Waals surface area contributed by atoms with E-state index in [2.05, 4.69) is 0 Å². The molecule has 0 bridgehead atoms. The Kier molecular flexibility index (Phi) is 10.3. The first-order valence-corrected chi connectivity index (χ1v) is 16.5. The van der Waals surface area contributed by atoms with Gasteiger partial charge in [-0.3, -0.25) is 14.4 Å². The molecule has 4 aromatic rings. The number of thiophene rings is 2. The van der Waals surface area contributed by atoms with Crippen molar-refractivity contribution in [1.82, 2.24) is 0 Å². The summed E-state index contributed by atoms with van der Waals surface area (Å²) in [6.45, 7) is 1.69. The zero-order valence-electron chi connectivity index (χ0n) is 25.5. The van der Waals surface area contributed by atoms with Crippen LogP contribution in [0.2, 0.25) is 0 Å². The van der Waals surface area contributed by atoms with Crippen LogP contribution in [-0.4, -0.2) is 55.4 Å². The van der Waals surface area contributed by atoms with Gasteiger partial charge in [0.2, 0.25) is 0 Å². The monoisotopic (exact) mass is 676 g/mol. The highest BCUT2D eigenvalue weighted by molar-refractivity contribution is 7.21. The van der Waals surface area contributed by atoms with Crippen molar-refractivity contribution in [2.45, 2.75) is 45.4 Å². The first-order valence-electron chi connectivity index (χ1n) is 14.9. The molecule has 46 heavy (non-hydrogen) atoms. The minimum atomic E-state index is -1.08. The number of ether oxygens (including phenoxy) is 4. The molecule has 1 fully saturated rings. The number of fused-ring (bicyclic) bond motifs is 2. The highest BCUT2D eigenvalue weighted by atomic mass is 32.1. The van der Waals surface area contributed by atoms with Crippen LogP contribution in [0.3, 0.4) is 0 Å². The van der Waals surface area contributed by atoms with Gasteiger partial charge in [-0.2, -0.15) is 0 Å². The zero-order chi connectivity index (χ0) is 33.1. The van der Waals surface area contributed by atoms with Gasteiger partial charge in [-0.05, 0) is 50.2 Å². The number of hydrogen-bond donors (Lipinski definition) is 2. The van der Waals surface area contributed by atoms with Crippen LogP contribution in [0.5, 0.6) is 23.0 Å². The van der Waals surface area contributed by atoms with E-state index >= 15 is 8.78 Å². The Morgan fingerprint density at radius 3 is 1.93 bits per heavy atom. The lowest BCUT2D eigenvalue weighted by molar-refractivity contribution is -0.147. The van der Waals surface area contributed by atoms with E-state index in [-0.39, 0.29) is 70.5 Å². The average Bonchev–Trinajstić information content (AvgIpc) is 3.62. The number of ketones is 1. The van der Waals surface area contributed by atoms with E-state index in [1.54, 1.807) is 18.2 Å². The van der Waals surface area contributed by atoms with Crippen LogP contribution < -0.4 is 18.9 Å². The minimum Gasteiger partial charge on any atom is -0.493 e. The molecule has 0 aliphatic heterocycles. The van der Waals surface area contributed by atoms with Gasteiger partial charge >= 0.3 is 11.9 Å². The molecule has 246 valence electrons. The topological polar surface area (TPSA) is 129 Å². The lowest BCUT2D eigenvalue weighted by atomic mass is 9.72. The standard InChI is InChI=1S/C33H34F2O9S2/c1-16(32(37)38)10-22(36)27-13-21-26(46-27)15-24(42-3)31(29(21)35)44-9-5-4-8-43-30-23(41-2)14-25-20(28(30)34)12-18(45-25)11-17-6-7-19(17)33(39)40/h12-17,19H,4-11H2,1-3H3,(H,37,38)(H,39,40)/t16-,17-,19+/m0/s1. The number of Topliss-reactive ketones (excluding diaryl/α,β-unsaturated/α-hetero) is 1. The van der Waals surface area contributed by atoms with E-state index in [0.29, 0.717) is 40.5 Å². The van der Waals surface area contributed by atoms with Crippen LogP contribution in [0, 0.1) is 29.4 Å². The van der Waals surface area contributed by atoms with Gasteiger partial charge in [0.25, 0.3) is 0 Å². The van der Waals surface area contributed by atoms with Crippen molar-refractivity contribution in [3.05, 3.63) is 45.7 Å². The molecule has 0 spiro atoms. The summed E-state index contributed by atoms with van der Waals surface area (Å²) in [5.74, 6) is -4.33. The third kappa shape index (κ3) is 6.90. The van der Waals surface area contributed by atoms with Crippen LogP contribution in [0.15, 0.2) is 24.3 Å². The Bertz CT molecular complexity index is 1780. The molecule has 2 N–H and O–H groups in total. The van der Waals surface area contributed by atoms with E-state index in [1.807, 2.05) is 0 Å². The van der Waals surface area contributed by atoms with Crippen molar-refractivity contribution in [2.75, 3.05) is 27.4 Å². The number of methoxy groups -OCH3 is 2. The number of halogens is 2. The Balaban J connectivity index is 1.19. The molecular formula is C33H34F2O9S2. The highest BCUT2D eigenvalue weighted by Crippen LogP contribution is 2.44. The fraction of sp³-hybridized carbons (Fsp3) is 0.424. The van der Waals surface area contributed by atoms with Crippen molar-refractivity contribution >= 4 is 60.6 Å². The Morgan fingerprint density at radius 1 is 0.870 bits per heavy atom. The summed E-state index contributed by atoms with van der Waals surface area (Å²) < 4.78 is 54.4. The van der Waals surface area contributed by atoms with Gasteiger partial charge in [0.05, 0.1) is 44.1 Å². The van der Waals surface area contributed by atoms with Gasteiger partial charge in [-0.15, -0.1) is 22.7 Å². The summed E-state index contributed by atoms with van der Waals surface area (Å²) in [7, 11) is 2.81. The zero-order valence-corrected chi connectivity index (χ0v) is 27.2. The number of aliphatic carboxylic acids is 2. The summed E-state index contributed by atoms with van der Waals surface area (Å²) in [5, 5.41) is 19.0. The van der Waals surface area contributed by atoms with Crippen LogP contribution >= 0.6 is 22.7 Å². The maximum absolute atomic E-state index is 15.6. The Hall–Kier alpha value is -3.97. The van der Waals surface area contributed by atoms with Gasteiger partial charge in [-0.25, -0.2) is 8.78 Å². The Labute approximate surface area is 271 Å². The molecule has 2 heterocycles. The number of carboxylic acid groups (broad SMARTS) is 2. The van der Waals surface area contributed by atoms with Gasteiger partial charge in [-0.1, -0.05) is 6.92 Å². The molecule has 13 heteroatoms. The van der Waals surface area contributed by atoms with Crippen molar-refractivity contribution in [3.8, 4) is 23.0 Å². The fourth-order valence-electron chi connectivity index (χ4n) is 5.48. The first kappa shape index (κ1) is 33.4. The second kappa shape index (κ2) is 14.2. The summed E-state index contributed by atoms with van der Waals surface area (Å²) in [6.07, 6.45) is 2.81. The third-order valence-corrected chi connectivity index (χ3v) is 10.5. The molecule has 1 aliphatic rings. The minimum absolute atomic E-state index is 0.00829. The van der Waals surface area contributed by atoms with E-state index in [0.717, 1.165) is 22.6 Å². The SMILES string of the molecule is COc1cc2sc(C[C@@H]3CC[C@H]3C(=O)O)cc2c(F)c1OCCCCOc1c(OC)cc2sc(C(=O)C[C@H](C)C(=O)O)cc2c1F. The predicted octanol–water partition coefficient (Wildman–Crippen LogP) is 7.60. The smallest absolute Gasteiger partial charge is 0.306 e. The number of carbonyl (C=O) groups is 3. The van der Waals surface area contributed by atoms with E-state index in [9.17, 15) is 19.5 Å². The van der Waals surface area contributed by atoms with Crippen molar-refractivity contribution in [3.63, 3.8) is 0 Å². The van der Waals surface area contributed by atoms with Crippen LogP contribution in [0.25, 0.3) is 20.2 Å². The van der Waals surface area contributed by atoms with Gasteiger partial charge in [0.15, 0.2) is 40.4 Å². The first-order chi connectivity index (χ1) is 22.0. The maximum Gasteiger partial charge on any atom is 0.306 e. The number of unbranched alkanes of at least 4 members (excludes halogenated alkanes) is 1. The highest BCUT2D eigenvalue weighted by Gasteiger charge is 2.36. The van der Waals surface area contributed by atoms with E-state index in [1.165, 1.54) is 38.5 Å². The van der Waals surface area contributed by atoms with Gasteiger partial charge in [0, 0.05) is 43.6 Å². The van der Waals surface area contributed by atoms with Crippen molar-refractivity contribution in [2.24, 2.45) is 17.8 Å². The maximum atomic E-state index is 15.6. The molecular weight excluding hydrogens is 642 g/mol. The van der Waals surface area contributed by atoms with Crippen molar-refractivity contribution in [1.29, 1.82) is 0 Å². The molecule has 0 saturated heterocycles. The summed E-state index contributed by atoms with van der Waals surface area (Å²) in [5.41, 5.74) is 0. The van der Waals surface area contributed by atoms with Gasteiger partial charge in [0.1, 0.15) is 0 Å². The van der Waals surface area contributed by atoms with E-state index in [4.69, 9.17) is 24.1 Å². The fourth-order valence-corrected chi connectivity index (χ4v) is 7.69. The summed E-state index contributed by atoms with van der Waals surface area (Å²) in [6, 6.07) is 6.47. The lowest BCUT2D eigenvalue weighted by Crippen LogP contribution is -2.33. The lowest BCUT2D eigenvalue weighted by Gasteiger charge is -2.32. The third-order valence-electron chi connectivity index (χ3n) is 8.27. The summed E-state index contributed by atoms with van der Waals surface area (Å²) >= 11 is 2.48. The van der Waals surface area contributed by atoms with E-state index < -0.39 is 29.5 Å². The molecule has 0 unspecified atom stereocenters. The second-order valence-electron chi connectivity index (χ2n) is 11.3. The molecule has 2 aromatic carbocycles. The van der Waals surface area contributed by atoms with Gasteiger partial charge < -0.3 is 29.2 Å². The second-order valence-corrected chi connectivity index (χ2v) is 13.6. The Morgan fingerprint density at radius 2 is 1.43 bits per heavy atom. The predicted molar refractivity (Wildman–Crippen MR) is 170 cm³/mol. The molecule has 5 rings (SSSR count). The largest absolute Gasteiger partial charge is 0.493 e. The number of carbonyl (C=O) groups excluding carboxylic acids is 1. The van der Waals surface area contributed by atoms with Crippen LogP contribution in [0.4, 0.5) is 8.78 Å². The molecule has 0 radical (unpaired) electrons. The molecule has 9 nitrogen and oxygen atoms in total. The molecule has 0 amide bonds. The summed E-state index contributed by atoms with van der Waals surface area (Å²) in [4.78, 5) is 36.3. The quantitative estimate of drug-likeness (QED) is 0.0911. The number of hydrogen-bond acceptors (Lipinski definition) is 9.